The molecule has 0 aliphatic rings. The lowest BCUT2D eigenvalue weighted by atomic mass is 10.2. The number of guanidine groups is 1. The van der Waals surface area contributed by atoms with Gasteiger partial charge in [0, 0.05) is 33.4 Å². The average molecular weight is 274 g/mol. The molecule has 1 aromatic carbocycles. The van der Waals surface area contributed by atoms with Crippen molar-refractivity contribution in [3.8, 4) is 0 Å². The van der Waals surface area contributed by atoms with Crippen molar-refractivity contribution in [3.63, 3.8) is 0 Å². The third kappa shape index (κ3) is 4.15. The van der Waals surface area contributed by atoms with Crippen LogP contribution in [0.15, 0.2) is 33.4 Å². The van der Waals surface area contributed by atoms with E-state index in [4.69, 9.17) is 5.41 Å². The number of hydrogen-bond acceptors (Lipinski definition) is 4. The van der Waals surface area contributed by atoms with Crippen LogP contribution >= 0.6 is 0 Å². The van der Waals surface area contributed by atoms with Gasteiger partial charge in [0.25, 0.3) is 0 Å². The van der Waals surface area contributed by atoms with Crippen molar-refractivity contribution in [1.29, 1.82) is 5.41 Å². The molecule has 0 spiro atoms. The number of nitrogens with one attached hydrogen (secondary N) is 1. The van der Waals surface area contributed by atoms with Crippen molar-refractivity contribution in [2.45, 2.75) is 13.8 Å². The van der Waals surface area contributed by atoms with Crippen LogP contribution in [0.2, 0.25) is 0 Å². The lowest BCUT2D eigenvalue weighted by molar-refractivity contribution is 0.743. The minimum atomic E-state index is 0.429. The van der Waals surface area contributed by atoms with Crippen LogP contribution in [0.5, 0.6) is 0 Å². The fraction of sp³-hybridized carbons (Fsp3) is 0.429. The van der Waals surface area contributed by atoms with Gasteiger partial charge in [-0.3, -0.25) is 5.41 Å². The molecule has 0 heterocycles. The molecule has 0 bridgehead atoms. The van der Waals surface area contributed by atoms with Crippen LogP contribution in [0.1, 0.15) is 12.5 Å². The molecule has 1 rings (SSSR count). The quantitative estimate of drug-likeness (QED) is 0.521. The smallest absolute Gasteiger partial charge is 0.245 e. The Morgan fingerprint density at radius 1 is 1.30 bits per heavy atom. The topological polar surface area (TPSA) is 67.4 Å². The lowest BCUT2D eigenvalue weighted by Gasteiger charge is -2.13. The summed E-state index contributed by atoms with van der Waals surface area (Å²) in [6.07, 6.45) is 1.16. The van der Waals surface area contributed by atoms with Gasteiger partial charge in [-0.1, -0.05) is 0 Å². The Hall–Kier alpha value is -2.24. The van der Waals surface area contributed by atoms with Crippen molar-refractivity contribution in [2.24, 2.45) is 15.2 Å². The van der Waals surface area contributed by atoms with Crippen molar-refractivity contribution in [1.82, 2.24) is 4.90 Å². The Morgan fingerprint density at radius 3 is 2.50 bits per heavy atom. The minimum Gasteiger partial charge on any atom is -0.378 e. The second kappa shape index (κ2) is 7.37. The van der Waals surface area contributed by atoms with Crippen LogP contribution in [0, 0.1) is 12.3 Å². The van der Waals surface area contributed by atoms with Gasteiger partial charge in [-0.25, -0.2) is 4.99 Å². The Kier molecular flexibility index (Phi) is 5.83. The predicted octanol–water partition coefficient (Wildman–Crippen LogP) is 3.06. The number of azo groups is 1. The summed E-state index contributed by atoms with van der Waals surface area (Å²) in [5.41, 5.74) is 2.98. The van der Waals surface area contributed by atoms with Crippen molar-refractivity contribution < 1.29 is 0 Å². The Balaban J connectivity index is 2.99. The number of rotatable bonds is 4. The van der Waals surface area contributed by atoms with Crippen LogP contribution in [0.25, 0.3) is 0 Å². The highest BCUT2D eigenvalue weighted by atomic mass is 15.3. The molecule has 6 nitrogen and oxygen atoms in total. The van der Waals surface area contributed by atoms with Gasteiger partial charge in [0.15, 0.2) is 0 Å². The van der Waals surface area contributed by atoms with Crippen molar-refractivity contribution in [3.05, 3.63) is 23.8 Å². The standard InChI is InChI=1S/C14H22N6/c1-6-16-14(20(5)10-15)18-17-13-8-7-12(19(3)4)9-11(13)2/h7-10,15H,6H2,1-5H3. The third-order valence-corrected chi connectivity index (χ3v) is 2.75. The first-order valence-corrected chi connectivity index (χ1v) is 6.47. The number of anilines is 1. The van der Waals surface area contributed by atoms with Crippen LogP contribution in [0.3, 0.4) is 0 Å². The fourth-order valence-corrected chi connectivity index (χ4v) is 1.54. The molecule has 0 saturated heterocycles. The molecular formula is C14H22N6. The van der Waals surface area contributed by atoms with Gasteiger partial charge < -0.3 is 9.80 Å². The van der Waals surface area contributed by atoms with E-state index < -0.39 is 0 Å². The number of hydrogen-bond donors (Lipinski definition) is 1. The van der Waals surface area contributed by atoms with Gasteiger partial charge in [-0.15, -0.1) is 10.2 Å². The zero-order chi connectivity index (χ0) is 15.1. The summed E-state index contributed by atoms with van der Waals surface area (Å²) in [6, 6.07) is 5.99. The molecule has 0 aromatic heterocycles. The molecule has 108 valence electrons. The molecule has 0 fully saturated rings. The molecule has 20 heavy (non-hydrogen) atoms. The number of aryl methyl sites for hydroxylation is 1. The predicted molar refractivity (Wildman–Crippen MR) is 84.5 cm³/mol. The molecule has 1 N–H and O–H groups in total. The fourth-order valence-electron chi connectivity index (χ4n) is 1.54. The molecule has 1 aromatic rings. The molecule has 0 aliphatic heterocycles. The largest absolute Gasteiger partial charge is 0.378 e. The summed E-state index contributed by atoms with van der Waals surface area (Å²) in [5, 5.41) is 15.6. The van der Waals surface area contributed by atoms with Crippen LogP contribution < -0.4 is 4.90 Å². The molecule has 0 aliphatic carbocycles. The van der Waals surface area contributed by atoms with Gasteiger partial charge in [0.1, 0.15) is 0 Å². The van der Waals surface area contributed by atoms with E-state index in [0.717, 1.165) is 23.3 Å². The molecule has 6 heteroatoms. The summed E-state index contributed by atoms with van der Waals surface area (Å²) in [7, 11) is 5.73. The van der Waals surface area contributed by atoms with Crippen LogP contribution in [-0.4, -0.2) is 44.9 Å². The SMILES string of the molecule is CCN=C(N=Nc1ccc(N(C)C)cc1C)N(C)C=N. The summed E-state index contributed by atoms with van der Waals surface area (Å²) in [4.78, 5) is 7.77. The highest BCUT2D eigenvalue weighted by molar-refractivity contribution is 5.89. The number of benzene rings is 1. The maximum atomic E-state index is 7.23. The van der Waals surface area contributed by atoms with E-state index in [1.54, 1.807) is 7.05 Å². The summed E-state index contributed by atoms with van der Waals surface area (Å²) < 4.78 is 0. The summed E-state index contributed by atoms with van der Waals surface area (Å²) in [5.74, 6) is 0.429. The van der Waals surface area contributed by atoms with Gasteiger partial charge >= 0.3 is 0 Å². The van der Waals surface area contributed by atoms with Gasteiger partial charge in [0.05, 0.1) is 12.0 Å². The normalized spacial score (nSPS) is 11.8. The summed E-state index contributed by atoms with van der Waals surface area (Å²) in [6.45, 7) is 4.52. The first-order chi connectivity index (χ1) is 9.49. The van der Waals surface area contributed by atoms with Crippen LogP contribution in [0.4, 0.5) is 11.4 Å². The third-order valence-electron chi connectivity index (χ3n) is 2.75. The second-order valence-electron chi connectivity index (χ2n) is 4.58. The van der Waals surface area contributed by atoms with E-state index in [1.807, 2.05) is 45.0 Å². The van der Waals surface area contributed by atoms with E-state index in [-0.39, 0.29) is 0 Å². The highest BCUT2D eigenvalue weighted by Gasteiger charge is 2.04. The van der Waals surface area contributed by atoms with E-state index in [0.29, 0.717) is 12.5 Å². The monoisotopic (exact) mass is 274 g/mol. The molecule has 0 amide bonds. The minimum absolute atomic E-state index is 0.429. The second-order valence-corrected chi connectivity index (χ2v) is 4.58. The Bertz CT molecular complexity index is 518. The van der Waals surface area contributed by atoms with Gasteiger partial charge in [-0.2, -0.15) is 0 Å². The molecule has 0 saturated carbocycles. The molecule has 0 atom stereocenters. The molecular weight excluding hydrogens is 252 g/mol. The zero-order valence-corrected chi connectivity index (χ0v) is 12.8. The Morgan fingerprint density at radius 2 is 2.00 bits per heavy atom. The van der Waals surface area contributed by atoms with E-state index in [1.165, 1.54) is 4.90 Å². The summed E-state index contributed by atoms with van der Waals surface area (Å²) >= 11 is 0. The first kappa shape index (κ1) is 15.8. The molecule has 0 radical (unpaired) electrons. The van der Waals surface area contributed by atoms with Crippen molar-refractivity contribution >= 4 is 23.7 Å². The first-order valence-electron chi connectivity index (χ1n) is 6.47. The average Bonchev–Trinajstić information content (AvgIpc) is 2.43. The Labute approximate surface area is 120 Å². The van der Waals surface area contributed by atoms with Crippen LogP contribution in [-0.2, 0) is 0 Å². The maximum Gasteiger partial charge on any atom is 0.245 e. The van der Waals surface area contributed by atoms with E-state index >= 15 is 0 Å². The van der Waals surface area contributed by atoms with E-state index in [9.17, 15) is 0 Å². The van der Waals surface area contributed by atoms with E-state index in [2.05, 4.69) is 21.3 Å². The zero-order valence-electron chi connectivity index (χ0n) is 12.8. The van der Waals surface area contributed by atoms with Crippen molar-refractivity contribution in [2.75, 3.05) is 32.6 Å². The molecule has 0 unspecified atom stereocenters. The lowest BCUT2D eigenvalue weighted by Crippen LogP contribution is -2.22. The highest BCUT2D eigenvalue weighted by Crippen LogP contribution is 2.24. The van der Waals surface area contributed by atoms with Gasteiger partial charge in [0.2, 0.25) is 5.96 Å². The maximum absolute atomic E-state index is 7.23. The van der Waals surface area contributed by atoms with Gasteiger partial charge in [-0.05, 0) is 37.6 Å². The number of aliphatic imine (C=N–C) groups is 1. The number of nitrogens with zero attached hydrogens (tertiary/aromatic N) is 5.